The highest BCUT2D eigenvalue weighted by Crippen LogP contribution is 2.80. The third-order valence-corrected chi connectivity index (χ3v) is 8.37. The Hall–Kier alpha value is -1.80. The van der Waals surface area contributed by atoms with Crippen LogP contribution in [0.25, 0.3) is 0 Å². The molecule has 0 bridgehead atoms. The summed E-state index contributed by atoms with van der Waals surface area (Å²) in [7, 11) is 0. The van der Waals surface area contributed by atoms with E-state index in [1.165, 1.54) is 6.92 Å². The molecule has 4 rings (SSSR count). The highest BCUT2D eigenvalue weighted by Gasteiger charge is 3.01. The van der Waals surface area contributed by atoms with Crippen molar-refractivity contribution in [3.63, 3.8) is 0 Å². The normalized spacial score (nSPS) is 43.3. The van der Waals surface area contributed by atoms with Crippen molar-refractivity contribution in [3.8, 4) is 0 Å². The molecule has 0 saturated heterocycles. The summed E-state index contributed by atoms with van der Waals surface area (Å²) in [5, 5.41) is 67.7. The van der Waals surface area contributed by atoms with Gasteiger partial charge in [0, 0.05) is 0 Å². The van der Waals surface area contributed by atoms with Crippen LogP contribution in [0.5, 0.6) is 0 Å². The minimum absolute atomic E-state index is 0.484. The zero-order valence-corrected chi connectivity index (χ0v) is 17.7. The van der Waals surface area contributed by atoms with E-state index >= 15 is 0 Å². The van der Waals surface area contributed by atoms with Gasteiger partial charge in [-0.25, -0.2) is 0 Å². The molecule has 7 atom stereocenters. The molecule has 0 aromatic heterocycles. The summed E-state index contributed by atoms with van der Waals surface area (Å²) in [6, 6.07) is 14.1. The quantitative estimate of drug-likeness (QED) is 0.432. The second kappa shape index (κ2) is 6.13. The van der Waals surface area contributed by atoms with E-state index in [4.69, 9.17) is 0 Å². The minimum atomic E-state index is -2.34. The molecule has 6 heteroatoms. The lowest BCUT2D eigenvalue weighted by molar-refractivity contribution is -0.507. The SMILES string of the molecule is Cc1ccccc1C1(C)C(O)[C@@]2(O)C(C)(c3ccccc3C)[C@@](O)([C@H](O)CO)[C@@]12O. The Morgan fingerprint density at radius 1 is 0.867 bits per heavy atom. The van der Waals surface area contributed by atoms with E-state index in [9.17, 15) is 30.6 Å². The van der Waals surface area contributed by atoms with Gasteiger partial charge in [0.25, 0.3) is 0 Å². The molecule has 2 aliphatic rings. The van der Waals surface area contributed by atoms with Gasteiger partial charge in [0.2, 0.25) is 0 Å². The van der Waals surface area contributed by atoms with Crippen LogP contribution in [-0.4, -0.2) is 66.3 Å². The summed E-state index contributed by atoms with van der Waals surface area (Å²) in [6.45, 7) is 5.87. The summed E-state index contributed by atoms with van der Waals surface area (Å²) in [5.41, 5.74) is -7.43. The van der Waals surface area contributed by atoms with Crippen molar-refractivity contribution in [2.24, 2.45) is 0 Å². The van der Waals surface area contributed by atoms with Gasteiger partial charge in [-0.2, -0.15) is 0 Å². The fourth-order valence-electron chi connectivity index (χ4n) is 6.79. The molecule has 2 aromatic rings. The van der Waals surface area contributed by atoms with E-state index < -0.39 is 46.4 Å². The van der Waals surface area contributed by atoms with Gasteiger partial charge in [0.05, 0.1) is 23.5 Å². The molecule has 2 aliphatic carbocycles. The van der Waals surface area contributed by atoms with Crippen LogP contribution in [0.15, 0.2) is 48.5 Å². The number of hydrogen-bond acceptors (Lipinski definition) is 6. The molecule has 2 fully saturated rings. The van der Waals surface area contributed by atoms with Crippen LogP contribution in [-0.2, 0) is 10.8 Å². The van der Waals surface area contributed by atoms with E-state index in [0.717, 1.165) is 11.1 Å². The second-order valence-corrected chi connectivity index (χ2v) is 9.30. The standard InChI is InChI=1S/C24H30O6/c1-14-9-5-7-11-16(14)20(3)19(27)23(29)21(4,17-12-8-6-10-15(17)2)22(28,18(26)13-25)24(20,23)30/h5-12,18-19,25-30H,13H2,1-4H3/t18-,19?,20?,21?,22+,23-,24+/m1/s1. The van der Waals surface area contributed by atoms with Gasteiger partial charge < -0.3 is 30.6 Å². The Balaban J connectivity index is 2.03. The number of rotatable bonds is 4. The lowest BCUT2D eigenvalue weighted by atomic mass is 9.20. The van der Waals surface area contributed by atoms with E-state index in [1.54, 1.807) is 50.2 Å². The van der Waals surface area contributed by atoms with Gasteiger partial charge in [-0.15, -0.1) is 0 Å². The van der Waals surface area contributed by atoms with Gasteiger partial charge in [-0.3, -0.25) is 0 Å². The van der Waals surface area contributed by atoms with E-state index in [-0.39, 0.29) is 0 Å². The molecule has 3 unspecified atom stereocenters. The zero-order valence-electron chi connectivity index (χ0n) is 17.7. The van der Waals surface area contributed by atoms with Crippen LogP contribution >= 0.6 is 0 Å². The van der Waals surface area contributed by atoms with Crippen LogP contribution in [0.3, 0.4) is 0 Å². The first kappa shape index (κ1) is 21.4. The molecule has 0 radical (unpaired) electrons. The summed E-state index contributed by atoms with van der Waals surface area (Å²) in [5.74, 6) is 0. The Bertz CT molecular complexity index is 1010. The number of aliphatic hydroxyl groups is 6. The average molecular weight is 414 g/mol. The highest BCUT2D eigenvalue weighted by atomic mass is 16.5. The Labute approximate surface area is 176 Å². The molecule has 162 valence electrons. The Morgan fingerprint density at radius 3 is 1.80 bits per heavy atom. The van der Waals surface area contributed by atoms with Gasteiger partial charge in [-0.1, -0.05) is 48.5 Å². The lowest BCUT2D eigenvalue weighted by Crippen LogP contribution is -3.10. The zero-order chi connectivity index (χ0) is 22.3. The highest BCUT2D eigenvalue weighted by molar-refractivity contribution is 5.64. The number of fused-ring (bicyclic) bond motifs is 1. The first-order chi connectivity index (χ1) is 13.9. The van der Waals surface area contributed by atoms with Gasteiger partial charge in [-0.05, 0) is 49.9 Å². The molecule has 2 aromatic carbocycles. The maximum absolute atomic E-state index is 12.0. The summed E-state index contributed by atoms with van der Waals surface area (Å²) in [4.78, 5) is 0. The fourth-order valence-corrected chi connectivity index (χ4v) is 6.79. The first-order valence-electron chi connectivity index (χ1n) is 10.2. The van der Waals surface area contributed by atoms with Gasteiger partial charge in [0.15, 0.2) is 0 Å². The van der Waals surface area contributed by atoms with E-state index in [0.29, 0.717) is 11.1 Å². The molecule has 0 heterocycles. The van der Waals surface area contributed by atoms with E-state index in [1.807, 2.05) is 19.1 Å². The van der Waals surface area contributed by atoms with Crippen molar-refractivity contribution in [2.45, 2.75) is 67.5 Å². The second-order valence-electron chi connectivity index (χ2n) is 9.30. The maximum atomic E-state index is 12.0. The van der Waals surface area contributed by atoms with Crippen LogP contribution in [0.1, 0.15) is 36.1 Å². The van der Waals surface area contributed by atoms with Gasteiger partial charge >= 0.3 is 0 Å². The number of hydrogen-bond donors (Lipinski definition) is 6. The van der Waals surface area contributed by atoms with Crippen molar-refractivity contribution in [1.29, 1.82) is 0 Å². The van der Waals surface area contributed by atoms with Crippen molar-refractivity contribution < 1.29 is 30.6 Å². The van der Waals surface area contributed by atoms with Gasteiger partial charge in [0.1, 0.15) is 22.9 Å². The molecule has 0 aliphatic heterocycles. The topological polar surface area (TPSA) is 121 Å². The van der Waals surface area contributed by atoms with Crippen molar-refractivity contribution in [1.82, 2.24) is 0 Å². The fraction of sp³-hybridized carbons (Fsp3) is 0.500. The molecule has 0 amide bonds. The monoisotopic (exact) mass is 414 g/mol. The average Bonchev–Trinajstić information content (AvgIpc) is 2.75. The van der Waals surface area contributed by atoms with Crippen molar-refractivity contribution in [3.05, 3.63) is 70.8 Å². The Kier molecular flexibility index (Phi) is 4.38. The van der Waals surface area contributed by atoms with E-state index in [2.05, 4.69) is 0 Å². The van der Waals surface area contributed by atoms with Crippen LogP contribution < -0.4 is 0 Å². The van der Waals surface area contributed by atoms with Crippen molar-refractivity contribution in [2.75, 3.05) is 6.61 Å². The third kappa shape index (κ3) is 1.76. The smallest absolute Gasteiger partial charge is 0.141 e. The van der Waals surface area contributed by atoms with Crippen LogP contribution in [0, 0.1) is 13.8 Å². The molecule has 6 nitrogen and oxygen atoms in total. The predicted octanol–water partition coefficient (Wildman–Crippen LogP) is 0.454. The molecule has 6 N–H and O–H groups in total. The number of benzene rings is 2. The van der Waals surface area contributed by atoms with Crippen LogP contribution in [0.2, 0.25) is 0 Å². The molecule has 2 saturated carbocycles. The van der Waals surface area contributed by atoms with Crippen molar-refractivity contribution >= 4 is 0 Å². The molecular formula is C24H30O6. The molecular weight excluding hydrogens is 384 g/mol. The minimum Gasteiger partial charge on any atom is -0.394 e. The molecule has 0 spiro atoms. The largest absolute Gasteiger partial charge is 0.394 e. The predicted molar refractivity (Wildman–Crippen MR) is 111 cm³/mol. The summed E-state index contributed by atoms with van der Waals surface area (Å²) < 4.78 is 0. The Morgan fingerprint density at radius 2 is 1.33 bits per heavy atom. The first-order valence-corrected chi connectivity index (χ1v) is 10.2. The number of aryl methyl sites for hydroxylation is 2. The maximum Gasteiger partial charge on any atom is 0.141 e. The van der Waals surface area contributed by atoms with Crippen LogP contribution in [0.4, 0.5) is 0 Å². The lowest BCUT2D eigenvalue weighted by Gasteiger charge is -2.87. The number of aliphatic hydroxyl groups excluding tert-OH is 3. The third-order valence-electron chi connectivity index (χ3n) is 8.37. The summed E-state index contributed by atoms with van der Waals surface area (Å²) in [6.07, 6.45) is -3.20. The summed E-state index contributed by atoms with van der Waals surface area (Å²) >= 11 is 0. The molecule has 30 heavy (non-hydrogen) atoms.